The molecule has 25 nitrogen and oxygen atoms in total. The summed E-state index contributed by atoms with van der Waals surface area (Å²) in [6.45, 7) is 4.37. The summed E-state index contributed by atoms with van der Waals surface area (Å²) in [5, 5.41) is 29.3. The molecule has 384 valence electrons. The second-order valence-electron chi connectivity index (χ2n) is 16.4. The van der Waals surface area contributed by atoms with Crippen LogP contribution in [-0.4, -0.2) is 171 Å². The van der Waals surface area contributed by atoms with Crippen LogP contribution in [0, 0.1) is 5.92 Å². The molecule has 25 heteroatoms. The maximum Gasteiger partial charge on any atom is 0.273 e. The molecule has 2 aliphatic heterocycles. The van der Waals surface area contributed by atoms with Gasteiger partial charge in [-0.05, 0) is 43.5 Å². The molecule has 1 atom stereocenters. The number of piperidine rings is 1. The van der Waals surface area contributed by atoms with Crippen molar-refractivity contribution in [3.05, 3.63) is 65.6 Å². The van der Waals surface area contributed by atoms with Crippen LogP contribution in [0.15, 0.2) is 48.8 Å². The number of ether oxygens (including phenoxy) is 6. The van der Waals surface area contributed by atoms with E-state index >= 15 is 0 Å². The first kappa shape index (κ1) is 52.4. The molecular weight excluding hydrogens is 941 g/mol. The smallest absolute Gasteiger partial charge is 0.273 e. The van der Waals surface area contributed by atoms with Crippen LogP contribution in [0.4, 0.5) is 22.9 Å². The molecule has 4 heterocycles. The van der Waals surface area contributed by atoms with Crippen molar-refractivity contribution in [3.8, 4) is 17.1 Å². The van der Waals surface area contributed by atoms with E-state index in [9.17, 15) is 33.6 Å². The highest BCUT2D eigenvalue weighted by Crippen LogP contribution is 2.38. The van der Waals surface area contributed by atoms with Gasteiger partial charge in [-0.25, -0.2) is 4.98 Å². The number of imide groups is 2. The molecule has 2 aromatic carbocycles. The third-order valence-electron chi connectivity index (χ3n) is 11.4. The molecule has 0 radical (unpaired) electrons. The number of hydrogen-bond acceptors (Lipinski definition) is 19. The van der Waals surface area contributed by atoms with Crippen molar-refractivity contribution < 1.29 is 62.0 Å². The zero-order valence-corrected chi connectivity index (χ0v) is 40.0. The normalized spacial score (nSPS) is 15.2. The van der Waals surface area contributed by atoms with Gasteiger partial charge in [0.2, 0.25) is 23.6 Å². The van der Waals surface area contributed by atoms with Crippen LogP contribution in [0.3, 0.4) is 0 Å². The predicted octanol–water partition coefficient (Wildman–Crippen LogP) is 1.30. The molecule has 6 N–H and O–H groups in total. The number of hydrogen-bond donors (Lipinski definition) is 6. The fraction of sp³-hybridized carbons (Fsp3) is 0.468. The zero-order chi connectivity index (χ0) is 50.8. The zero-order valence-electron chi connectivity index (χ0n) is 40.0. The van der Waals surface area contributed by atoms with E-state index in [0.717, 1.165) is 17.7 Å². The highest BCUT2D eigenvalue weighted by molar-refractivity contribution is 6.25. The van der Waals surface area contributed by atoms with Gasteiger partial charge in [0, 0.05) is 50.7 Å². The van der Waals surface area contributed by atoms with Gasteiger partial charge in [0.05, 0.1) is 108 Å². The fourth-order valence-electron chi connectivity index (χ4n) is 7.58. The minimum Gasteiger partial charge on any atom is -0.494 e. The van der Waals surface area contributed by atoms with Gasteiger partial charge < -0.3 is 55.0 Å². The second kappa shape index (κ2) is 26.1. The summed E-state index contributed by atoms with van der Waals surface area (Å²) in [5.74, 6) is -2.11. The number of amides is 7. The number of methoxy groups -OCH3 is 1. The van der Waals surface area contributed by atoms with Crippen molar-refractivity contribution in [2.45, 2.75) is 44.7 Å². The predicted molar refractivity (Wildman–Crippen MR) is 255 cm³/mol. The third-order valence-corrected chi connectivity index (χ3v) is 11.4. The molecule has 0 bridgehead atoms. The molecule has 0 spiro atoms. The van der Waals surface area contributed by atoms with E-state index in [1.54, 1.807) is 41.3 Å². The summed E-state index contributed by atoms with van der Waals surface area (Å²) in [6.07, 6.45) is 3.49. The number of nitrogens with one attached hydrogen (secondary N) is 6. The molecule has 3 aliphatic rings. The Balaban J connectivity index is 0.689. The lowest BCUT2D eigenvalue weighted by Crippen LogP contribution is -2.54. The maximum absolute atomic E-state index is 13.2. The molecule has 2 aromatic heterocycles. The van der Waals surface area contributed by atoms with Crippen LogP contribution in [0.25, 0.3) is 11.4 Å². The van der Waals surface area contributed by atoms with E-state index in [0.29, 0.717) is 113 Å². The quantitative estimate of drug-likeness (QED) is 0.0317. The number of para-hydroxylation sites is 1. The number of anilines is 4. The van der Waals surface area contributed by atoms with Gasteiger partial charge in [-0.1, -0.05) is 12.1 Å². The lowest BCUT2D eigenvalue weighted by Gasteiger charge is -2.27. The number of fused-ring (bicyclic) bond motifs is 1. The number of rotatable bonds is 30. The van der Waals surface area contributed by atoms with Gasteiger partial charge in [-0.15, -0.1) is 10.2 Å². The lowest BCUT2D eigenvalue weighted by molar-refractivity contribution is -0.136. The average molecular weight is 999 g/mol. The van der Waals surface area contributed by atoms with Crippen LogP contribution in [0.2, 0.25) is 0 Å². The molecule has 4 aromatic rings. The Labute approximate surface area is 413 Å². The number of aromatic nitrogens is 5. The Morgan fingerprint density at radius 2 is 1.43 bits per heavy atom. The molecule has 7 rings (SSSR count). The van der Waals surface area contributed by atoms with Gasteiger partial charge in [-0.3, -0.25) is 48.5 Å². The Bertz CT molecular complexity index is 2590. The summed E-state index contributed by atoms with van der Waals surface area (Å²) in [4.78, 5) is 92.9. The minimum absolute atomic E-state index is 0.0185. The van der Waals surface area contributed by atoms with Gasteiger partial charge in [0.15, 0.2) is 23.1 Å². The average Bonchev–Trinajstić information content (AvgIpc) is 4.08. The van der Waals surface area contributed by atoms with Crippen LogP contribution in [0.1, 0.15) is 63.3 Å². The van der Waals surface area contributed by atoms with E-state index in [-0.39, 0.29) is 66.2 Å². The summed E-state index contributed by atoms with van der Waals surface area (Å²) in [6, 6.07) is 10.7. The van der Waals surface area contributed by atoms with E-state index in [2.05, 4.69) is 52.2 Å². The van der Waals surface area contributed by atoms with Crippen LogP contribution in [-0.2, 0) is 49.4 Å². The highest BCUT2D eigenvalue weighted by atomic mass is 16.6. The summed E-state index contributed by atoms with van der Waals surface area (Å²) < 4.78 is 35.1. The number of carbonyl (C=O) groups excluding carboxylic acids is 7. The SMILES string of the molecule is CNC(=O)c1nnc(NC(=O)C2CC2)cc1Nc1cccc(-c2ncn(CCNC(=O)CCOCCOCCOCCOCCOCCNc3cccc4c3C(=O)N(C3CCC(=O)NC3=O)C4=O)n2)c1OC. The summed E-state index contributed by atoms with van der Waals surface area (Å²) in [7, 11) is 2.98. The first-order valence-electron chi connectivity index (χ1n) is 23.5. The third kappa shape index (κ3) is 14.1. The van der Waals surface area contributed by atoms with E-state index in [4.69, 9.17) is 28.4 Å². The highest BCUT2D eigenvalue weighted by Gasteiger charge is 2.45. The topological polar surface area (TPSA) is 307 Å². The van der Waals surface area contributed by atoms with Gasteiger partial charge in [0.1, 0.15) is 12.4 Å². The minimum atomic E-state index is -1.03. The number of carbonyl (C=O) groups is 7. The molecule has 1 saturated heterocycles. The Morgan fingerprint density at radius 3 is 2.10 bits per heavy atom. The maximum atomic E-state index is 13.2. The standard InChI is InChI=1S/C47H58N12O13/c1-48-45(64)40-34(27-36(55-56-40)53-43(62)29-9-10-29)52-33-8-4-6-31(41(33)67-2)42-51-28-58(57-42)16-14-50-37(60)13-17-68-19-21-70-23-25-72-26-24-71-22-20-69-18-15-49-32-7-3-5-30-39(32)47(66)59(46(30)65)35-11-12-38(61)54-44(35)63/h3-8,27-29,35,49H,9-26H2,1-2H3,(H,48,64)(H,50,60)(H,54,61,63)(H2,52,53,55,62). The first-order valence-corrected chi connectivity index (χ1v) is 23.5. The van der Waals surface area contributed by atoms with Gasteiger partial charge >= 0.3 is 0 Å². The van der Waals surface area contributed by atoms with Gasteiger partial charge in [0.25, 0.3) is 17.7 Å². The Kier molecular flexibility index (Phi) is 19.0. The molecule has 72 heavy (non-hydrogen) atoms. The Hall–Kier alpha value is -7.45. The van der Waals surface area contributed by atoms with Crippen molar-refractivity contribution in [3.63, 3.8) is 0 Å². The number of nitrogens with zero attached hydrogens (tertiary/aromatic N) is 6. The van der Waals surface area contributed by atoms with E-state index < -0.39 is 35.6 Å². The molecule has 7 amide bonds. The van der Waals surface area contributed by atoms with Crippen LogP contribution < -0.4 is 36.6 Å². The van der Waals surface area contributed by atoms with Crippen LogP contribution in [0.5, 0.6) is 5.75 Å². The van der Waals surface area contributed by atoms with Crippen molar-refractivity contribution in [1.29, 1.82) is 0 Å². The van der Waals surface area contributed by atoms with Crippen molar-refractivity contribution in [2.24, 2.45) is 5.92 Å². The second-order valence-corrected chi connectivity index (χ2v) is 16.4. The van der Waals surface area contributed by atoms with Crippen LogP contribution >= 0.6 is 0 Å². The molecule has 1 saturated carbocycles. The number of benzene rings is 2. The summed E-state index contributed by atoms with van der Waals surface area (Å²) in [5.41, 5.74) is 2.22. The van der Waals surface area contributed by atoms with E-state index in [1.807, 2.05) is 0 Å². The monoisotopic (exact) mass is 998 g/mol. The molecule has 1 unspecified atom stereocenters. The van der Waals surface area contributed by atoms with Crippen molar-refractivity contribution >= 4 is 64.2 Å². The van der Waals surface area contributed by atoms with E-state index in [1.165, 1.54) is 26.3 Å². The first-order chi connectivity index (χ1) is 35.1. The molecule has 1 aliphatic carbocycles. The lowest BCUT2D eigenvalue weighted by atomic mass is 10.0. The Morgan fingerprint density at radius 1 is 0.764 bits per heavy atom. The summed E-state index contributed by atoms with van der Waals surface area (Å²) >= 11 is 0. The molecular formula is C47H58N12O13. The fourth-order valence-corrected chi connectivity index (χ4v) is 7.58. The molecule has 2 fully saturated rings. The van der Waals surface area contributed by atoms with Crippen molar-refractivity contribution in [2.75, 3.05) is 109 Å². The largest absolute Gasteiger partial charge is 0.494 e. The van der Waals surface area contributed by atoms with Gasteiger partial charge in [-0.2, -0.15) is 5.10 Å². The van der Waals surface area contributed by atoms with Crippen molar-refractivity contribution in [1.82, 2.24) is 45.8 Å².